The van der Waals surface area contributed by atoms with E-state index in [2.05, 4.69) is 26.1 Å². The van der Waals surface area contributed by atoms with Crippen molar-refractivity contribution in [1.29, 1.82) is 0 Å². The predicted molar refractivity (Wildman–Crippen MR) is 67.0 cm³/mol. The van der Waals surface area contributed by atoms with Gasteiger partial charge >= 0.3 is 0 Å². The highest BCUT2D eigenvalue weighted by atomic mass is 19.1. The van der Waals surface area contributed by atoms with Gasteiger partial charge in [-0.2, -0.15) is 0 Å². The monoisotopic (exact) mass is 223 g/mol. The second-order valence-corrected chi connectivity index (χ2v) is 4.65. The minimum atomic E-state index is -0.163. The molecule has 0 aromatic heterocycles. The fourth-order valence-corrected chi connectivity index (χ4v) is 1.59. The maximum atomic E-state index is 12.7. The summed E-state index contributed by atoms with van der Waals surface area (Å²) in [4.78, 5) is 0. The summed E-state index contributed by atoms with van der Waals surface area (Å²) < 4.78 is 12.7. The highest BCUT2D eigenvalue weighted by Crippen LogP contribution is 2.06. The average molecular weight is 223 g/mol. The Kier molecular flexibility index (Phi) is 5.47. The first-order valence-electron chi connectivity index (χ1n) is 6.09. The molecular weight excluding hydrogens is 201 g/mol. The number of rotatable bonds is 6. The quantitative estimate of drug-likeness (QED) is 0.779. The Morgan fingerprint density at radius 1 is 1.19 bits per heavy atom. The summed E-state index contributed by atoms with van der Waals surface area (Å²) in [5.74, 6) is 0.555. The molecule has 0 aliphatic heterocycles. The molecule has 1 nitrogen and oxygen atoms in total. The van der Waals surface area contributed by atoms with Gasteiger partial charge in [0.25, 0.3) is 0 Å². The molecule has 2 unspecified atom stereocenters. The van der Waals surface area contributed by atoms with Crippen LogP contribution in [0.25, 0.3) is 0 Å². The van der Waals surface area contributed by atoms with E-state index in [1.54, 1.807) is 0 Å². The molecule has 90 valence electrons. The van der Waals surface area contributed by atoms with E-state index < -0.39 is 0 Å². The molecule has 1 aromatic carbocycles. The van der Waals surface area contributed by atoms with Gasteiger partial charge in [-0.25, -0.2) is 4.39 Å². The Labute approximate surface area is 98.1 Å². The van der Waals surface area contributed by atoms with Gasteiger partial charge in [-0.05, 0) is 43.5 Å². The summed E-state index contributed by atoms with van der Waals surface area (Å²) in [7, 11) is 0. The lowest BCUT2D eigenvalue weighted by molar-refractivity contribution is 0.451. The standard InChI is InChI=1S/C14H22FN/c1-4-11(2)10-16-12(3)9-13-5-7-14(15)8-6-13/h5-8,11-12,16H,4,9-10H2,1-3H3. The largest absolute Gasteiger partial charge is 0.314 e. The molecule has 0 heterocycles. The molecule has 2 heteroatoms. The van der Waals surface area contributed by atoms with Gasteiger partial charge < -0.3 is 5.32 Å². The third-order valence-corrected chi connectivity index (χ3v) is 2.97. The van der Waals surface area contributed by atoms with Crippen LogP contribution in [0, 0.1) is 11.7 Å². The zero-order valence-electron chi connectivity index (χ0n) is 10.5. The van der Waals surface area contributed by atoms with E-state index in [0.717, 1.165) is 18.9 Å². The van der Waals surface area contributed by atoms with E-state index in [1.165, 1.54) is 24.1 Å². The second kappa shape index (κ2) is 6.64. The topological polar surface area (TPSA) is 12.0 Å². The van der Waals surface area contributed by atoms with Crippen molar-refractivity contribution in [3.05, 3.63) is 35.6 Å². The second-order valence-electron chi connectivity index (χ2n) is 4.65. The number of benzene rings is 1. The fourth-order valence-electron chi connectivity index (χ4n) is 1.59. The molecular formula is C14H22FN. The maximum Gasteiger partial charge on any atom is 0.123 e. The van der Waals surface area contributed by atoms with Crippen LogP contribution in [0.3, 0.4) is 0 Å². The highest BCUT2D eigenvalue weighted by molar-refractivity contribution is 5.16. The van der Waals surface area contributed by atoms with Gasteiger partial charge in [0.05, 0.1) is 0 Å². The normalized spacial score (nSPS) is 14.8. The van der Waals surface area contributed by atoms with Crippen LogP contribution in [0.15, 0.2) is 24.3 Å². The van der Waals surface area contributed by atoms with Crippen LogP contribution in [0.5, 0.6) is 0 Å². The summed E-state index contributed by atoms with van der Waals surface area (Å²) in [6, 6.07) is 7.21. The van der Waals surface area contributed by atoms with Crippen LogP contribution in [0.1, 0.15) is 32.8 Å². The first kappa shape index (κ1) is 13.2. The molecule has 1 aromatic rings. The van der Waals surface area contributed by atoms with Crippen molar-refractivity contribution in [3.8, 4) is 0 Å². The number of hydrogen-bond acceptors (Lipinski definition) is 1. The summed E-state index contributed by atoms with van der Waals surface area (Å²) in [5.41, 5.74) is 1.19. The lowest BCUT2D eigenvalue weighted by atomic mass is 10.1. The lowest BCUT2D eigenvalue weighted by Crippen LogP contribution is -2.31. The van der Waals surface area contributed by atoms with E-state index in [0.29, 0.717) is 6.04 Å². The van der Waals surface area contributed by atoms with E-state index in [1.807, 2.05) is 12.1 Å². The lowest BCUT2D eigenvalue weighted by Gasteiger charge is -2.16. The van der Waals surface area contributed by atoms with Crippen LogP contribution < -0.4 is 5.32 Å². The van der Waals surface area contributed by atoms with Crippen molar-refractivity contribution < 1.29 is 4.39 Å². The van der Waals surface area contributed by atoms with Gasteiger partial charge in [0.15, 0.2) is 0 Å². The minimum absolute atomic E-state index is 0.163. The van der Waals surface area contributed by atoms with Crippen molar-refractivity contribution in [1.82, 2.24) is 5.32 Å². The summed E-state index contributed by atoms with van der Waals surface area (Å²) in [6.07, 6.45) is 2.16. The maximum absolute atomic E-state index is 12.7. The average Bonchev–Trinajstić information content (AvgIpc) is 2.29. The van der Waals surface area contributed by atoms with Crippen LogP contribution in [-0.4, -0.2) is 12.6 Å². The van der Waals surface area contributed by atoms with E-state index >= 15 is 0 Å². The molecule has 0 spiro atoms. The van der Waals surface area contributed by atoms with Crippen molar-refractivity contribution in [2.24, 2.45) is 5.92 Å². The van der Waals surface area contributed by atoms with Gasteiger partial charge in [0, 0.05) is 6.04 Å². The number of halogens is 1. The highest BCUT2D eigenvalue weighted by Gasteiger charge is 2.05. The third kappa shape index (κ3) is 4.75. The number of nitrogens with one attached hydrogen (secondary N) is 1. The molecule has 0 aliphatic rings. The van der Waals surface area contributed by atoms with Crippen LogP contribution in [0.4, 0.5) is 4.39 Å². The zero-order valence-corrected chi connectivity index (χ0v) is 10.5. The molecule has 1 N–H and O–H groups in total. The zero-order chi connectivity index (χ0) is 12.0. The van der Waals surface area contributed by atoms with E-state index in [-0.39, 0.29) is 5.82 Å². The van der Waals surface area contributed by atoms with Crippen LogP contribution >= 0.6 is 0 Å². The van der Waals surface area contributed by atoms with Crippen molar-refractivity contribution in [2.75, 3.05) is 6.54 Å². The molecule has 0 bridgehead atoms. The molecule has 0 fully saturated rings. The minimum Gasteiger partial charge on any atom is -0.314 e. The molecule has 0 radical (unpaired) electrons. The Morgan fingerprint density at radius 3 is 2.38 bits per heavy atom. The Balaban J connectivity index is 2.33. The van der Waals surface area contributed by atoms with Gasteiger partial charge in [-0.1, -0.05) is 32.4 Å². The first-order chi connectivity index (χ1) is 7.61. The van der Waals surface area contributed by atoms with Gasteiger partial charge in [-0.15, -0.1) is 0 Å². The molecule has 1 rings (SSSR count). The Hall–Kier alpha value is -0.890. The smallest absolute Gasteiger partial charge is 0.123 e. The first-order valence-corrected chi connectivity index (χ1v) is 6.09. The van der Waals surface area contributed by atoms with Crippen molar-refractivity contribution >= 4 is 0 Å². The number of hydrogen-bond donors (Lipinski definition) is 1. The fraction of sp³-hybridized carbons (Fsp3) is 0.571. The molecule has 16 heavy (non-hydrogen) atoms. The van der Waals surface area contributed by atoms with Crippen molar-refractivity contribution in [3.63, 3.8) is 0 Å². The Morgan fingerprint density at radius 2 is 1.81 bits per heavy atom. The Bertz CT molecular complexity index is 294. The SMILES string of the molecule is CCC(C)CNC(C)Cc1ccc(F)cc1. The predicted octanol–water partition coefficient (Wildman–Crippen LogP) is 3.39. The summed E-state index contributed by atoms with van der Waals surface area (Å²) >= 11 is 0. The van der Waals surface area contributed by atoms with E-state index in [9.17, 15) is 4.39 Å². The molecule has 0 amide bonds. The summed E-state index contributed by atoms with van der Waals surface area (Å²) in [6.45, 7) is 7.68. The van der Waals surface area contributed by atoms with Crippen molar-refractivity contribution in [2.45, 2.75) is 39.7 Å². The molecule has 2 atom stereocenters. The van der Waals surface area contributed by atoms with Gasteiger partial charge in [0.1, 0.15) is 5.82 Å². The summed E-state index contributed by atoms with van der Waals surface area (Å²) in [5, 5.41) is 3.50. The van der Waals surface area contributed by atoms with Crippen LogP contribution in [0.2, 0.25) is 0 Å². The van der Waals surface area contributed by atoms with Gasteiger partial charge in [0.2, 0.25) is 0 Å². The van der Waals surface area contributed by atoms with Crippen LogP contribution in [-0.2, 0) is 6.42 Å². The molecule has 0 saturated carbocycles. The van der Waals surface area contributed by atoms with Gasteiger partial charge in [-0.3, -0.25) is 0 Å². The molecule has 0 aliphatic carbocycles. The third-order valence-electron chi connectivity index (χ3n) is 2.97. The molecule has 0 saturated heterocycles. The van der Waals surface area contributed by atoms with E-state index in [4.69, 9.17) is 0 Å².